The van der Waals surface area contributed by atoms with E-state index in [-0.39, 0.29) is 18.1 Å². The van der Waals surface area contributed by atoms with Gasteiger partial charge in [-0.3, -0.25) is 14.7 Å². The van der Waals surface area contributed by atoms with E-state index in [0.717, 1.165) is 63.3 Å². The lowest BCUT2D eigenvalue weighted by molar-refractivity contribution is 0.0708. The van der Waals surface area contributed by atoms with E-state index in [4.69, 9.17) is 10.5 Å². The molecule has 0 aliphatic carbocycles. The highest BCUT2D eigenvalue weighted by molar-refractivity contribution is 5.94. The van der Waals surface area contributed by atoms with Crippen molar-refractivity contribution in [2.75, 3.05) is 26.2 Å². The molecule has 1 unspecified atom stereocenters. The van der Waals surface area contributed by atoms with E-state index in [0.29, 0.717) is 12.1 Å². The minimum absolute atomic E-state index is 0.0644. The van der Waals surface area contributed by atoms with Crippen LogP contribution >= 0.6 is 0 Å². The van der Waals surface area contributed by atoms with Crippen LogP contribution in [0.25, 0.3) is 0 Å². The average molecular weight is 395 g/mol. The molecule has 2 N–H and O–H groups in total. The number of pyridine rings is 1. The van der Waals surface area contributed by atoms with Crippen molar-refractivity contribution >= 4 is 5.91 Å². The molecular formula is C23H30N4O2. The van der Waals surface area contributed by atoms with Crippen LogP contribution in [0.15, 0.2) is 48.7 Å². The largest absolute Gasteiger partial charge is 0.490 e. The molecule has 2 fully saturated rings. The van der Waals surface area contributed by atoms with Crippen molar-refractivity contribution in [2.45, 2.75) is 44.4 Å². The molecule has 2 aromatic rings. The molecule has 1 aromatic carbocycles. The molecule has 1 amide bonds. The number of rotatable bonds is 5. The summed E-state index contributed by atoms with van der Waals surface area (Å²) >= 11 is 0. The van der Waals surface area contributed by atoms with E-state index >= 15 is 0 Å². The summed E-state index contributed by atoms with van der Waals surface area (Å²) in [4.78, 5) is 21.3. The summed E-state index contributed by atoms with van der Waals surface area (Å²) in [5.74, 6) is 0.898. The van der Waals surface area contributed by atoms with Crippen molar-refractivity contribution in [3.63, 3.8) is 0 Å². The molecule has 154 valence electrons. The Morgan fingerprint density at radius 2 is 1.86 bits per heavy atom. The van der Waals surface area contributed by atoms with Crippen molar-refractivity contribution in [3.8, 4) is 5.75 Å². The second-order valence-electron chi connectivity index (χ2n) is 8.09. The number of benzene rings is 1. The average Bonchev–Trinajstić information content (AvgIpc) is 2.76. The van der Waals surface area contributed by atoms with Gasteiger partial charge in [0.15, 0.2) is 0 Å². The first-order chi connectivity index (χ1) is 14.2. The Morgan fingerprint density at radius 3 is 2.55 bits per heavy atom. The summed E-state index contributed by atoms with van der Waals surface area (Å²) in [6.07, 6.45) is 6.04. The standard InChI is InChI=1S/C23H30N4O2/c24-19-4-3-13-27(16-19)23(28)18-6-8-21(9-7-18)29-22-10-14-26(15-11-22)17-20-5-1-2-12-25-20/h1-2,5-9,12,19,22H,3-4,10-11,13-17,24H2. The van der Waals surface area contributed by atoms with E-state index in [2.05, 4.69) is 16.0 Å². The zero-order valence-corrected chi connectivity index (χ0v) is 16.9. The van der Waals surface area contributed by atoms with Crippen LogP contribution < -0.4 is 10.5 Å². The first-order valence-electron chi connectivity index (χ1n) is 10.6. The number of nitrogens with zero attached hydrogens (tertiary/aromatic N) is 3. The summed E-state index contributed by atoms with van der Waals surface area (Å²) in [5, 5.41) is 0. The molecule has 4 rings (SSSR count). The predicted molar refractivity (Wildman–Crippen MR) is 113 cm³/mol. The first-order valence-corrected chi connectivity index (χ1v) is 10.6. The Morgan fingerprint density at radius 1 is 1.07 bits per heavy atom. The van der Waals surface area contributed by atoms with Gasteiger partial charge in [0.2, 0.25) is 0 Å². The van der Waals surface area contributed by atoms with Crippen molar-refractivity contribution in [1.82, 2.24) is 14.8 Å². The number of amides is 1. The molecule has 0 saturated carbocycles. The van der Waals surface area contributed by atoms with Gasteiger partial charge in [-0.25, -0.2) is 0 Å². The fourth-order valence-electron chi connectivity index (χ4n) is 4.15. The molecule has 0 spiro atoms. The van der Waals surface area contributed by atoms with Crippen LogP contribution in [0.1, 0.15) is 41.7 Å². The fraction of sp³-hybridized carbons (Fsp3) is 0.478. The van der Waals surface area contributed by atoms with E-state index in [1.54, 1.807) is 0 Å². The van der Waals surface area contributed by atoms with Gasteiger partial charge in [0.1, 0.15) is 11.9 Å². The smallest absolute Gasteiger partial charge is 0.253 e. The normalized spacial score (nSPS) is 21.1. The second kappa shape index (κ2) is 9.37. The fourth-order valence-corrected chi connectivity index (χ4v) is 4.15. The lowest BCUT2D eigenvalue weighted by Gasteiger charge is -2.32. The maximum absolute atomic E-state index is 12.7. The summed E-state index contributed by atoms with van der Waals surface area (Å²) in [7, 11) is 0. The van der Waals surface area contributed by atoms with Crippen LogP contribution in [-0.2, 0) is 6.54 Å². The number of carbonyl (C=O) groups excluding carboxylic acids is 1. The monoisotopic (exact) mass is 394 g/mol. The quantitative estimate of drug-likeness (QED) is 0.844. The maximum atomic E-state index is 12.7. The highest BCUT2D eigenvalue weighted by Crippen LogP contribution is 2.21. The molecule has 0 bridgehead atoms. The van der Waals surface area contributed by atoms with Gasteiger partial charge in [-0.15, -0.1) is 0 Å². The molecule has 6 nitrogen and oxygen atoms in total. The Balaban J connectivity index is 1.26. The third-order valence-electron chi connectivity index (χ3n) is 5.80. The predicted octanol–water partition coefficient (Wildman–Crippen LogP) is 2.69. The Hall–Kier alpha value is -2.44. The maximum Gasteiger partial charge on any atom is 0.253 e. The third-order valence-corrected chi connectivity index (χ3v) is 5.80. The van der Waals surface area contributed by atoms with Gasteiger partial charge in [-0.05, 0) is 62.1 Å². The zero-order chi connectivity index (χ0) is 20.1. The molecule has 1 aromatic heterocycles. The Bertz CT molecular complexity index is 788. The van der Waals surface area contributed by atoms with Crippen LogP contribution in [0.4, 0.5) is 0 Å². The lowest BCUT2D eigenvalue weighted by Crippen LogP contribution is -2.45. The highest BCUT2D eigenvalue weighted by Gasteiger charge is 2.23. The number of piperidine rings is 2. The number of ether oxygens (including phenoxy) is 1. The van der Waals surface area contributed by atoms with Gasteiger partial charge in [-0.2, -0.15) is 0 Å². The Kier molecular flexibility index (Phi) is 6.42. The number of hydrogen-bond donors (Lipinski definition) is 1. The molecule has 29 heavy (non-hydrogen) atoms. The van der Waals surface area contributed by atoms with Crippen LogP contribution in [0, 0.1) is 0 Å². The summed E-state index contributed by atoms with van der Waals surface area (Å²) in [6, 6.07) is 13.7. The molecule has 2 aliphatic heterocycles. The van der Waals surface area contributed by atoms with Crippen molar-refractivity contribution in [1.29, 1.82) is 0 Å². The van der Waals surface area contributed by atoms with E-state index < -0.39 is 0 Å². The Labute approximate surface area is 172 Å². The molecule has 2 saturated heterocycles. The topological polar surface area (TPSA) is 71.7 Å². The van der Waals surface area contributed by atoms with Crippen molar-refractivity contribution in [2.24, 2.45) is 5.73 Å². The van der Waals surface area contributed by atoms with Gasteiger partial charge < -0.3 is 15.4 Å². The van der Waals surface area contributed by atoms with E-state index in [1.165, 1.54) is 0 Å². The number of likely N-dealkylation sites (tertiary alicyclic amines) is 2. The first kappa shape index (κ1) is 19.9. The summed E-state index contributed by atoms with van der Waals surface area (Å²) in [5.41, 5.74) is 7.82. The van der Waals surface area contributed by atoms with Crippen LogP contribution in [-0.4, -0.2) is 59.0 Å². The number of hydrogen-bond acceptors (Lipinski definition) is 5. The van der Waals surface area contributed by atoms with Gasteiger partial charge in [0.25, 0.3) is 5.91 Å². The minimum atomic E-state index is 0.0644. The molecule has 6 heteroatoms. The summed E-state index contributed by atoms with van der Waals surface area (Å²) < 4.78 is 6.16. The lowest BCUT2D eigenvalue weighted by atomic mass is 10.1. The van der Waals surface area contributed by atoms with E-state index in [9.17, 15) is 4.79 Å². The molecule has 1 atom stereocenters. The molecule has 2 aliphatic rings. The highest BCUT2D eigenvalue weighted by atomic mass is 16.5. The van der Waals surface area contributed by atoms with Crippen LogP contribution in [0.2, 0.25) is 0 Å². The van der Waals surface area contributed by atoms with Crippen LogP contribution in [0.5, 0.6) is 5.75 Å². The van der Waals surface area contributed by atoms with Crippen molar-refractivity contribution < 1.29 is 9.53 Å². The summed E-state index contributed by atoms with van der Waals surface area (Å²) in [6.45, 7) is 4.35. The van der Waals surface area contributed by atoms with Gasteiger partial charge in [0, 0.05) is 50.5 Å². The van der Waals surface area contributed by atoms with Crippen molar-refractivity contribution in [3.05, 3.63) is 59.9 Å². The van der Waals surface area contributed by atoms with Gasteiger partial charge in [0.05, 0.1) is 5.69 Å². The SMILES string of the molecule is NC1CCCN(C(=O)c2ccc(OC3CCN(Cc4ccccn4)CC3)cc2)C1. The van der Waals surface area contributed by atoms with Gasteiger partial charge >= 0.3 is 0 Å². The number of aromatic nitrogens is 1. The molecule has 0 radical (unpaired) electrons. The van der Waals surface area contributed by atoms with Crippen LogP contribution in [0.3, 0.4) is 0 Å². The molecule has 3 heterocycles. The number of carbonyl (C=O) groups is 1. The number of nitrogens with two attached hydrogens (primary N) is 1. The zero-order valence-electron chi connectivity index (χ0n) is 16.9. The second-order valence-corrected chi connectivity index (χ2v) is 8.09. The third kappa shape index (κ3) is 5.34. The van der Waals surface area contributed by atoms with Gasteiger partial charge in [-0.1, -0.05) is 6.07 Å². The van der Waals surface area contributed by atoms with E-state index in [1.807, 2.05) is 47.5 Å². The minimum Gasteiger partial charge on any atom is -0.490 e. The molecular weight excluding hydrogens is 364 g/mol.